The Morgan fingerprint density at radius 2 is 2.17 bits per heavy atom. The van der Waals surface area contributed by atoms with E-state index in [-0.39, 0.29) is 0 Å². The predicted octanol–water partition coefficient (Wildman–Crippen LogP) is 2.84. The van der Waals surface area contributed by atoms with Gasteiger partial charge in [0, 0.05) is 11.6 Å². The number of rotatable bonds is 1. The fraction of sp³-hybridized carbons (Fsp3) is 0.111. The third kappa shape index (κ3) is 0.978. The fourth-order valence-electron chi connectivity index (χ4n) is 1.20. The molecule has 0 bridgehead atoms. The van der Waals surface area contributed by atoms with Crippen LogP contribution in [0, 0.1) is 6.07 Å². The second-order valence-corrected chi connectivity index (χ2v) is 2.47. The van der Waals surface area contributed by atoms with Gasteiger partial charge < -0.3 is 0 Å². The molecule has 1 nitrogen and oxygen atoms in total. The summed E-state index contributed by atoms with van der Waals surface area (Å²) in [6.45, 7) is -2.47. The minimum atomic E-state index is -2.47. The normalized spacial score (nSPS) is 11.2. The lowest BCUT2D eigenvalue weighted by molar-refractivity contribution is 0.0752. The first-order chi connectivity index (χ1) is 5.79. The molecule has 0 amide bonds. The van der Waals surface area contributed by atoms with Crippen molar-refractivity contribution in [3.63, 3.8) is 0 Å². The molecule has 0 aliphatic heterocycles. The molecule has 0 aliphatic rings. The van der Waals surface area contributed by atoms with E-state index in [9.17, 15) is 8.78 Å². The van der Waals surface area contributed by atoms with Crippen molar-refractivity contribution in [1.82, 2.24) is 4.57 Å². The van der Waals surface area contributed by atoms with Crippen molar-refractivity contribution >= 4 is 10.9 Å². The highest BCUT2D eigenvalue weighted by molar-refractivity contribution is 5.79. The summed E-state index contributed by atoms with van der Waals surface area (Å²) in [6, 6.07) is 9.55. The molecule has 1 aromatic carbocycles. The van der Waals surface area contributed by atoms with Crippen LogP contribution < -0.4 is 0 Å². The van der Waals surface area contributed by atoms with Crippen LogP contribution >= 0.6 is 0 Å². The summed E-state index contributed by atoms with van der Waals surface area (Å²) in [7, 11) is 0. The largest absolute Gasteiger partial charge is 0.319 e. The van der Waals surface area contributed by atoms with E-state index < -0.39 is 6.55 Å². The van der Waals surface area contributed by atoms with Gasteiger partial charge in [0.15, 0.2) is 0 Å². The zero-order valence-corrected chi connectivity index (χ0v) is 6.17. The van der Waals surface area contributed by atoms with Gasteiger partial charge in [0.1, 0.15) is 0 Å². The quantitative estimate of drug-likeness (QED) is 0.613. The lowest BCUT2D eigenvalue weighted by atomic mass is 10.2. The zero-order chi connectivity index (χ0) is 8.55. The molecule has 1 heterocycles. The predicted molar refractivity (Wildman–Crippen MR) is 42.0 cm³/mol. The van der Waals surface area contributed by atoms with Crippen molar-refractivity contribution in [2.45, 2.75) is 6.55 Å². The van der Waals surface area contributed by atoms with Gasteiger partial charge in [-0.3, -0.25) is 4.57 Å². The average Bonchev–Trinajstić information content (AvgIpc) is 2.47. The average molecular weight is 166 g/mol. The Labute approximate surface area is 68.2 Å². The van der Waals surface area contributed by atoms with Crippen molar-refractivity contribution in [2.75, 3.05) is 0 Å². The maximum absolute atomic E-state index is 12.3. The van der Waals surface area contributed by atoms with Gasteiger partial charge >= 0.3 is 6.55 Å². The van der Waals surface area contributed by atoms with E-state index in [0.717, 1.165) is 9.95 Å². The van der Waals surface area contributed by atoms with Crippen LogP contribution in [0.1, 0.15) is 6.55 Å². The summed E-state index contributed by atoms with van der Waals surface area (Å²) < 4.78 is 25.5. The maximum Gasteiger partial charge on any atom is 0.319 e. The van der Waals surface area contributed by atoms with Crippen molar-refractivity contribution in [3.8, 4) is 0 Å². The van der Waals surface area contributed by atoms with Crippen LogP contribution in [0.4, 0.5) is 8.78 Å². The van der Waals surface area contributed by atoms with E-state index in [1.807, 2.05) is 0 Å². The number of fused-ring (bicyclic) bond motifs is 1. The lowest BCUT2D eigenvalue weighted by Gasteiger charge is -2.01. The molecule has 0 unspecified atom stereocenters. The second-order valence-electron chi connectivity index (χ2n) is 2.47. The molecule has 0 saturated heterocycles. The Balaban J connectivity index is 2.70. The van der Waals surface area contributed by atoms with E-state index >= 15 is 0 Å². The first-order valence-corrected chi connectivity index (χ1v) is 3.54. The molecule has 0 spiro atoms. The molecule has 2 rings (SSSR count). The van der Waals surface area contributed by atoms with Crippen LogP contribution in [0.2, 0.25) is 0 Å². The topological polar surface area (TPSA) is 4.93 Å². The van der Waals surface area contributed by atoms with Gasteiger partial charge in [0.2, 0.25) is 0 Å². The van der Waals surface area contributed by atoms with Gasteiger partial charge in [0.05, 0.1) is 5.52 Å². The van der Waals surface area contributed by atoms with Gasteiger partial charge in [-0.25, -0.2) is 0 Å². The Hall–Kier alpha value is -1.38. The SMILES string of the molecule is FC(F)n1ccc2[c]cccc21. The molecular formula is C9H6F2N. The van der Waals surface area contributed by atoms with Crippen molar-refractivity contribution < 1.29 is 8.78 Å². The summed E-state index contributed by atoms with van der Waals surface area (Å²) in [6.07, 6.45) is 1.37. The van der Waals surface area contributed by atoms with Gasteiger partial charge in [-0.1, -0.05) is 12.1 Å². The minimum absolute atomic E-state index is 0.521. The Morgan fingerprint density at radius 1 is 1.33 bits per heavy atom. The maximum atomic E-state index is 12.3. The molecule has 0 fully saturated rings. The molecule has 3 heteroatoms. The number of hydrogen-bond acceptors (Lipinski definition) is 0. The molecule has 0 N–H and O–H groups in total. The molecule has 1 aromatic heterocycles. The van der Waals surface area contributed by atoms with Crippen molar-refractivity contribution in [3.05, 3.63) is 36.5 Å². The molecule has 0 atom stereocenters. The van der Waals surface area contributed by atoms with Crippen molar-refractivity contribution in [1.29, 1.82) is 0 Å². The number of aromatic nitrogens is 1. The second kappa shape index (κ2) is 2.59. The van der Waals surface area contributed by atoms with Crippen LogP contribution in [0.5, 0.6) is 0 Å². The zero-order valence-electron chi connectivity index (χ0n) is 6.17. The first-order valence-electron chi connectivity index (χ1n) is 3.54. The fourth-order valence-corrected chi connectivity index (χ4v) is 1.20. The monoisotopic (exact) mass is 166 g/mol. The molecule has 0 aliphatic carbocycles. The van der Waals surface area contributed by atoms with Gasteiger partial charge in [-0.05, 0) is 18.2 Å². The summed E-state index contributed by atoms with van der Waals surface area (Å²) >= 11 is 0. The summed E-state index contributed by atoms with van der Waals surface area (Å²) in [4.78, 5) is 0. The molecule has 12 heavy (non-hydrogen) atoms. The molecular weight excluding hydrogens is 160 g/mol. The minimum Gasteiger partial charge on any atom is -0.291 e. The Kier molecular flexibility index (Phi) is 1.57. The van der Waals surface area contributed by atoms with Crippen LogP contribution in [-0.4, -0.2) is 4.57 Å². The summed E-state index contributed by atoms with van der Waals surface area (Å²) in [5.74, 6) is 0. The standard InChI is InChI=1S/C9H6F2N/c10-9(11)12-6-5-7-3-1-2-4-8(7)12/h1-2,4-6,9H. The smallest absolute Gasteiger partial charge is 0.291 e. The van der Waals surface area contributed by atoms with Gasteiger partial charge in [-0.15, -0.1) is 0 Å². The molecule has 1 radical (unpaired) electrons. The number of hydrogen-bond donors (Lipinski definition) is 0. The molecule has 0 saturated carbocycles. The van der Waals surface area contributed by atoms with Crippen LogP contribution in [0.3, 0.4) is 0 Å². The Morgan fingerprint density at radius 3 is 2.92 bits per heavy atom. The van der Waals surface area contributed by atoms with E-state index in [4.69, 9.17) is 0 Å². The number of halogens is 2. The van der Waals surface area contributed by atoms with E-state index in [1.54, 1.807) is 24.3 Å². The molecule has 61 valence electrons. The van der Waals surface area contributed by atoms with Crippen LogP contribution in [0.25, 0.3) is 10.9 Å². The number of nitrogens with zero attached hydrogens (tertiary/aromatic N) is 1. The van der Waals surface area contributed by atoms with Crippen LogP contribution in [-0.2, 0) is 0 Å². The summed E-state index contributed by atoms with van der Waals surface area (Å²) in [5.41, 5.74) is 0.521. The van der Waals surface area contributed by atoms with Gasteiger partial charge in [0.25, 0.3) is 0 Å². The van der Waals surface area contributed by atoms with Crippen molar-refractivity contribution in [2.24, 2.45) is 0 Å². The number of benzene rings is 1. The first kappa shape index (κ1) is 7.28. The highest BCUT2D eigenvalue weighted by Crippen LogP contribution is 2.20. The highest BCUT2D eigenvalue weighted by Gasteiger charge is 2.07. The van der Waals surface area contributed by atoms with E-state index in [1.165, 1.54) is 6.20 Å². The van der Waals surface area contributed by atoms with E-state index in [0.29, 0.717) is 5.52 Å². The Bertz CT molecular complexity index is 392. The van der Waals surface area contributed by atoms with Gasteiger partial charge in [-0.2, -0.15) is 8.78 Å². The molecule has 2 aromatic rings. The summed E-state index contributed by atoms with van der Waals surface area (Å²) in [5, 5.41) is 0.720. The van der Waals surface area contributed by atoms with Crippen LogP contribution in [0.15, 0.2) is 30.5 Å². The third-order valence-electron chi connectivity index (χ3n) is 1.76. The lowest BCUT2D eigenvalue weighted by Crippen LogP contribution is -1.94. The number of alkyl halides is 2. The van der Waals surface area contributed by atoms with E-state index in [2.05, 4.69) is 6.07 Å². The highest BCUT2D eigenvalue weighted by atomic mass is 19.3. The third-order valence-corrected chi connectivity index (χ3v) is 1.76.